The highest BCUT2D eigenvalue weighted by Gasteiger charge is 2.18. The number of hydrogen-bond acceptors (Lipinski definition) is 3. The molecule has 4 nitrogen and oxygen atoms in total. The van der Waals surface area contributed by atoms with Crippen molar-refractivity contribution in [3.05, 3.63) is 70.9 Å². The molecule has 0 atom stereocenters. The Morgan fingerprint density at radius 1 is 1.36 bits per heavy atom. The van der Waals surface area contributed by atoms with Gasteiger partial charge in [0.05, 0.1) is 13.4 Å². The van der Waals surface area contributed by atoms with Gasteiger partial charge in [-0.2, -0.15) is 0 Å². The molecule has 0 aliphatic heterocycles. The van der Waals surface area contributed by atoms with E-state index in [0.717, 1.165) is 43.3 Å². The van der Waals surface area contributed by atoms with Gasteiger partial charge in [0, 0.05) is 39.2 Å². The second-order valence-electron chi connectivity index (χ2n) is 6.48. The summed E-state index contributed by atoms with van der Waals surface area (Å²) in [6, 6.07) is 10.1. The van der Waals surface area contributed by atoms with Crippen LogP contribution in [0.1, 0.15) is 18.1 Å². The highest BCUT2D eigenvalue weighted by molar-refractivity contribution is 9.10. The van der Waals surface area contributed by atoms with Gasteiger partial charge in [0.15, 0.2) is 0 Å². The maximum atomic E-state index is 12.1. The lowest BCUT2D eigenvalue weighted by atomic mass is 9.96. The molecule has 0 saturated heterocycles. The molecule has 3 aromatic rings. The molecule has 0 aliphatic rings. The van der Waals surface area contributed by atoms with Gasteiger partial charge in [0.25, 0.3) is 0 Å². The number of allylic oxidation sites excluding steroid dienone is 1. The van der Waals surface area contributed by atoms with E-state index >= 15 is 0 Å². The molecule has 0 bridgehead atoms. The first-order chi connectivity index (χ1) is 13.5. The van der Waals surface area contributed by atoms with Gasteiger partial charge in [-0.05, 0) is 43.2 Å². The van der Waals surface area contributed by atoms with Crippen molar-refractivity contribution in [1.82, 2.24) is 5.32 Å². The van der Waals surface area contributed by atoms with Gasteiger partial charge in [0.1, 0.15) is 11.3 Å². The average Bonchev–Trinajstić information content (AvgIpc) is 3.10. The predicted molar refractivity (Wildman–Crippen MR) is 117 cm³/mol. The molecular formula is C23H22BrNO3. The Morgan fingerprint density at radius 2 is 2.14 bits per heavy atom. The van der Waals surface area contributed by atoms with E-state index in [1.165, 1.54) is 0 Å². The number of amides is 1. The van der Waals surface area contributed by atoms with E-state index in [4.69, 9.17) is 9.15 Å². The second-order valence-corrected chi connectivity index (χ2v) is 7.40. The van der Waals surface area contributed by atoms with E-state index < -0.39 is 0 Å². The smallest absolute Gasteiger partial charge is 0.244 e. The number of carbonyl (C=O) groups is 1. The molecule has 28 heavy (non-hydrogen) atoms. The number of furan rings is 1. The molecule has 1 heterocycles. The number of rotatable bonds is 6. The van der Waals surface area contributed by atoms with Crippen LogP contribution < -0.4 is 10.1 Å². The van der Waals surface area contributed by atoms with E-state index in [0.29, 0.717) is 12.3 Å². The molecule has 0 saturated carbocycles. The SMILES string of the molecule is C=CCNC(=O)/C=C(\C)c1cc2c(-c3cccc(Br)c3)coc2c(C)c1OC. The maximum Gasteiger partial charge on any atom is 0.244 e. The summed E-state index contributed by atoms with van der Waals surface area (Å²) in [5.41, 5.74) is 5.39. The van der Waals surface area contributed by atoms with Crippen molar-refractivity contribution in [2.75, 3.05) is 13.7 Å². The van der Waals surface area contributed by atoms with Crippen molar-refractivity contribution >= 4 is 38.4 Å². The lowest BCUT2D eigenvalue weighted by molar-refractivity contribution is -0.116. The van der Waals surface area contributed by atoms with Crippen molar-refractivity contribution < 1.29 is 13.9 Å². The minimum Gasteiger partial charge on any atom is -0.496 e. The van der Waals surface area contributed by atoms with Crippen molar-refractivity contribution in [2.24, 2.45) is 0 Å². The van der Waals surface area contributed by atoms with Crippen LogP contribution in [-0.2, 0) is 4.79 Å². The largest absolute Gasteiger partial charge is 0.496 e. The van der Waals surface area contributed by atoms with Gasteiger partial charge in [-0.1, -0.05) is 34.1 Å². The van der Waals surface area contributed by atoms with Gasteiger partial charge in [-0.25, -0.2) is 0 Å². The third-order valence-corrected chi connectivity index (χ3v) is 5.07. The van der Waals surface area contributed by atoms with Crippen LogP contribution in [0.2, 0.25) is 0 Å². The van der Waals surface area contributed by atoms with E-state index in [-0.39, 0.29) is 5.91 Å². The fraction of sp³-hybridized carbons (Fsp3) is 0.174. The minimum atomic E-state index is -0.170. The first-order valence-electron chi connectivity index (χ1n) is 8.88. The number of carbonyl (C=O) groups excluding carboxylic acids is 1. The Bertz CT molecular complexity index is 1080. The Labute approximate surface area is 173 Å². The summed E-state index contributed by atoms with van der Waals surface area (Å²) in [7, 11) is 1.63. The van der Waals surface area contributed by atoms with Gasteiger partial charge in [0.2, 0.25) is 5.91 Å². The van der Waals surface area contributed by atoms with Crippen LogP contribution in [0.25, 0.3) is 27.7 Å². The average molecular weight is 440 g/mol. The minimum absolute atomic E-state index is 0.170. The Kier molecular flexibility index (Phi) is 6.05. The third-order valence-electron chi connectivity index (χ3n) is 4.58. The standard InChI is InChI=1S/C23H22BrNO3/c1-5-9-25-21(26)10-14(2)18-12-19-20(16-7-6-8-17(24)11-16)13-28-23(19)15(3)22(18)27-4/h5-8,10-13H,1,9H2,2-4H3,(H,25,26)/b14-10+. The Balaban J connectivity index is 2.17. The van der Waals surface area contributed by atoms with Gasteiger partial charge in [-0.3, -0.25) is 4.79 Å². The normalized spacial score (nSPS) is 11.5. The number of ether oxygens (including phenoxy) is 1. The Hall–Kier alpha value is -2.79. The zero-order valence-corrected chi connectivity index (χ0v) is 17.7. The molecule has 1 aromatic heterocycles. The van der Waals surface area contributed by atoms with Crippen molar-refractivity contribution in [3.8, 4) is 16.9 Å². The highest BCUT2D eigenvalue weighted by Crippen LogP contribution is 2.40. The second kappa shape index (κ2) is 8.48. The molecule has 3 rings (SSSR count). The molecule has 1 amide bonds. The predicted octanol–water partition coefficient (Wildman–Crippen LogP) is 5.88. The van der Waals surface area contributed by atoms with Crippen LogP contribution in [0, 0.1) is 6.92 Å². The van der Waals surface area contributed by atoms with Crippen LogP contribution in [0.15, 0.2) is 64.2 Å². The summed E-state index contributed by atoms with van der Waals surface area (Å²) in [6.07, 6.45) is 4.98. The molecule has 0 unspecified atom stereocenters. The van der Waals surface area contributed by atoms with Crippen LogP contribution in [0.5, 0.6) is 5.75 Å². The summed E-state index contributed by atoms with van der Waals surface area (Å²) in [4.78, 5) is 12.1. The first kappa shape index (κ1) is 20.0. The maximum absolute atomic E-state index is 12.1. The van der Waals surface area contributed by atoms with Crippen LogP contribution in [0.4, 0.5) is 0 Å². The van der Waals surface area contributed by atoms with Crippen LogP contribution in [0.3, 0.4) is 0 Å². The summed E-state index contributed by atoms with van der Waals surface area (Å²) >= 11 is 3.52. The van der Waals surface area contributed by atoms with Gasteiger partial charge < -0.3 is 14.5 Å². The quantitative estimate of drug-likeness (QED) is 0.385. The lowest BCUT2D eigenvalue weighted by Gasteiger charge is -2.13. The zero-order valence-electron chi connectivity index (χ0n) is 16.1. The van der Waals surface area contributed by atoms with Crippen molar-refractivity contribution in [3.63, 3.8) is 0 Å². The molecule has 0 fully saturated rings. The first-order valence-corrected chi connectivity index (χ1v) is 9.67. The fourth-order valence-corrected chi connectivity index (χ4v) is 3.65. The van der Waals surface area contributed by atoms with Gasteiger partial charge >= 0.3 is 0 Å². The molecule has 144 valence electrons. The highest BCUT2D eigenvalue weighted by atomic mass is 79.9. The molecular weight excluding hydrogens is 418 g/mol. The number of methoxy groups -OCH3 is 1. The number of hydrogen-bond donors (Lipinski definition) is 1. The summed E-state index contributed by atoms with van der Waals surface area (Å²) in [5.74, 6) is 0.532. The molecule has 0 aliphatic carbocycles. The number of aryl methyl sites for hydroxylation is 1. The lowest BCUT2D eigenvalue weighted by Crippen LogP contribution is -2.20. The van der Waals surface area contributed by atoms with Crippen LogP contribution >= 0.6 is 15.9 Å². The van der Waals surface area contributed by atoms with Crippen molar-refractivity contribution in [2.45, 2.75) is 13.8 Å². The zero-order chi connectivity index (χ0) is 20.3. The molecule has 5 heteroatoms. The molecule has 0 radical (unpaired) electrons. The van der Waals surface area contributed by atoms with E-state index in [9.17, 15) is 4.79 Å². The fourth-order valence-electron chi connectivity index (χ4n) is 3.25. The monoisotopic (exact) mass is 439 g/mol. The van der Waals surface area contributed by atoms with E-state index in [1.54, 1.807) is 25.5 Å². The van der Waals surface area contributed by atoms with Crippen molar-refractivity contribution in [1.29, 1.82) is 0 Å². The van der Waals surface area contributed by atoms with Crippen LogP contribution in [-0.4, -0.2) is 19.6 Å². The topological polar surface area (TPSA) is 51.5 Å². The number of nitrogens with one attached hydrogen (secondary N) is 1. The molecule has 1 N–H and O–H groups in total. The van der Waals surface area contributed by atoms with Gasteiger partial charge in [-0.15, -0.1) is 6.58 Å². The Morgan fingerprint density at radius 3 is 2.82 bits per heavy atom. The number of benzene rings is 2. The van der Waals surface area contributed by atoms with E-state index in [1.807, 2.05) is 38.1 Å². The number of halogens is 1. The third kappa shape index (κ3) is 3.90. The number of fused-ring (bicyclic) bond motifs is 1. The van der Waals surface area contributed by atoms with E-state index in [2.05, 4.69) is 33.9 Å². The molecule has 0 spiro atoms. The summed E-state index contributed by atoms with van der Waals surface area (Å²) in [6.45, 7) is 7.90. The molecule has 2 aromatic carbocycles. The summed E-state index contributed by atoms with van der Waals surface area (Å²) < 4.78 is 12.5. The summed E-state index contributed by atoms with van der Waals surface area (Å²) in [5, 5.41) is 3.74.